The summed E-state index contributed by atoms with van der Waals surface area (Å²) in [5.74, 6) is -4.36. The molecule has 1 aliphatic rings. The van der Waals surface area contributed by atoms with Crippen molar-refractivity contribution in [1.29, 1.82) is 0 Å². The van der Waals surface area contributed by atoms with E-state index in [2.05, 4.69) is 6.92 Å². The highest BCUT2D eigenvalue weighted by molar-refractivity contribution is 5.90. The number of ether oxygens (including phenoxy) is 1. The molecule has 0 aliphatic carbocycles. The Hall–Kier alpha value is -1.59. The van der Waals surface area contributed by atoms with Gasteiger partial charge in [0.15, 0.2) is 0 Å². The van der Waals surface area contributed by atoms with Gasteiger partial charge in [-0.05, 0) is 6.42 Å². The van der Waals surface area contributed by atoms with Crippen LogP contribution in [0.3, 0.4) is 0 Å². The van der Waals surface area contributed by atoms with Crippen molar-refractivity contribution in [2.24, 2.45) is 5.92 Å². The van der Waals surface area contributed by atoms with Crippen LogP contribution in [0.25, 0.3) is 0 Å². The lowest BCUT2D eigenvalue weighted by atomic mass is 9.81. The van der Waals surface area contributed by atoms with E-state index >= 15 is 0 Å². The van der Waals surface area contributed by atoms with Crippen molar-refractivity contribution in [3.8, 4) is 0 Å². The Morgan fingerprint density at radius 2 is 1.73 bits per heavy atom. The molecule has 0 unspecified atom stereocenters. The maximum atomic E-state index is 11.5. The van der Waals surface area contributed by atoms with Crippen molar-refractivity contribution < 1.29 is 29.3 Å². The zero-order valence-electron chi connectivity index (χ0n) is 13.2. The Balaban J connectivity index is 2.52. The summed E-state index contributed by atoms with van der Waals surface area (Å²) < 4.78 is 4.92. The van der Waals surface area contributed by atoms with E-state index in [4.69, 9.17) is 4.74 Å². The monoisotopic (exact) mass is 314 g/mol. The maximum absolute atomic E-state index is 11.5. The first-order valence-corrected chi connectivity index (χ1v) is 8.12. The van der Waals surface area contributed by atoms with Crippen LogP contribution in [0, 0.1) is 5.92 Å². The molecule has 1 heterocycles. The van der Waals surface area contributed by atoms with Crippen molar-refractivity contribution in [3.63, 3.8) is 0 Å². The second-order valence-corrected chi connectivity index (χ2v) is 5.97. The van der Waals surface area contributed by atoms with E-state index in [0.717, 1.165) is 19.3 Å². The van der Waals surface area contributed by atoms with E-state index in [9.17, 15) is 24.6 Å². The van der Waals surface area contributed by atoms with Gasteiger partial charge < -0.3 is 14.9 Å². The lowest BCUT2D eigenvalue weighted by Gasteiger charge is -2.29. The molecule has 0 spiro atoms. The van der Waals surface area contributed by atoms with Gasteiger partial charge in [0.05, 0.1) is 0 Å². The summed E-state index contributed by atoms with van der Waals surface area (Å²) in [6.07, 6.45) is 7.33. The summed E-state index contributed by atoms with van der Waals surface area (Å²) in [6.45, 7) is 2.14. The number of hydrogen-bond donors (Lipinski definition) is 2. The Bertz CT molecular complexity index is 405. The van der Waals surface area contributed by atoms with Gasteiger partial charge in [-0.3, -0.25) is 9.59 Å². The summed E-state index contributed by atoms with van der Waals surface area (Å²) >= 11 is 0. The molecule has 1 rings (SSSR count). The van der Waals surface area contributed by atoms with Gasteiger partial charge in [0, 0.05) is 12.8 Å². The van der Waals surface area contributed by atoms with Crippen LogP contribution in [0.5, 0.6) is 0 Å². The number of rotatable bonds is 11. The fraction of sp³-hybridized carbons (Fsp3) is 0.812. The van der Waals surface area contributed by atoms with Gasteiger partial charge in [0.25, 0.3) is 0 Å². The van der Waals surface area contributed by atoms with Crippen molar-refractivity contribution in [2.45, 2.75) is 76.7 Å². The molecule has 0 bridgehead atoms. The Morgan fingerprint density at radius 3 is 2.18 bits per heavy atom. The third-order valence-electron chi connectivity index (χ3n) is 4.32. The molecule has 1 saturated heterocycles. The fourth-order valence-electron chi connectivity index (χ4n) is 3.00. The van der Waals surface area contributed by atoms with E-state index < -0.39 is 29.4 Å². The SMILES string of the molecule is CCCCCCCCC[C@H](C(=O)O)[C@]1(C(=O)O)CCC(=O)O1. The van der Waals surface area contributed by atoms with Gasteiger partial charge in [-0.15, -0.1) is 0 Å². The smallest absolute Gasteiger partial charge is 0.349 e. The second-order valence-electron chi connectivity index (χ2n) is 5.97. The predicted octanol–water partition coefficient (Wildman–Crippen LogP) is 2.99. The number of carboxylic acids is 2. The van der Waals surface area contributed by atoms with Crippen LogP contribution in [0.2, 0.25) is 0 Å². The Labute approximate surface area is 130 Å². The van der Waals surface area contributed by atoms with Gasteiger partial charge in [-0.2, -0.15) is 0 Å². The highest BCUT2D eigenvalue weighted by Gasteiger charge is 2.56. The average Bonchev–Trinajstić information content (AvgIpc) is 2.84. The van der Waals surface area contributed by atoms with Gasteiger partial charge in [0.1, 0.15) is 5.92 Å². The van der Waals surface area contributed by atoms with Crippen molar-refractivity contribution in [1.82, 2.24) is 0 Å². The van der Waals surface area contributed by atoms with Crippen LogP contribution in [-0.2, 0) is 19.1 Å². The first-order chi connectivity index (χ1) is 10.4. The molecule has 1 aliphatic heterocycles. The van der Waals surface area contributed by atoms with Gasteiger partial charge in [-0.25, -0.2) is 4.79 Å². The van der Waals surface area contributed by atoms with Gasteiger partial charge in [-0.1, -0.05) is 51.9 Å². The van der Waals surface area contributed by atoms with Crippen LogP contribution < -0.4 is 0 Å². The van der Waals surface area contributed by atoms with Crippen LogP contribution in [0.4, 0.5) is 0 Å². The minimum atomic E-state index is -1.88. The van der Waals surface area contributed by atoms with E-state index in [1.807, 2.05) is 0 Å². The standard InChI is InChI=1S/C16H26O6/c1-2-3-4-5-6-7-8-9-12(14(18)19)16(15(20)21)11-10-13(17)22-16/h12H,2-11H2,1H3,(H,18,19)(H,20,21)/t12-,16+/m1/s1. The summed E-state index contributed by atoms with van der Waals surface area (Å²) in [5.41, 5.74) is -1.88. The summed E-state index contributed by atoms with van der Waals surface area (Å²) in [4.78, 5) is 34.2. The first-order valence-electron chi connectivity index (χ1n) is 8.12. The molecule has 126 valence electrons. The number of unbranched alkanes of at least 4 members (excludes halogenated alkanes) is 6. The molecular formula is C16H26O6. The zero-order valence-corrected chi connectivity index (χ0v) is 13.2. The minimum Gasteiger partial charge on any atom is -0.481 e. The highest BCUT2D eigenvalue weighted by atomic mass is 16.6. The molecule has 6 nitrogen and oxygen atoms in total. The van der Waals surface area contributed by atoms with Crippen LogP contribution in [0.1, 0.15) is 71.1 Å². The van der Waals surface area contributed by atoms with Crippen LogP contribution >= 0.6 is 0 Å². The molecule has 6 heteroatoms. The summed E-state index contributed by atoms with van der Waals surface area (Å²) in [5, 5.41) is 18.7. The molecule has 0 amide bonds. The molecule has 1 fully saturated rings. The molecule has 2 atom stereocenters. The van der Waals surface area contributed by atoms with Gasteiger partial charge >= 0.3 is 17.9 Å². The number of carboxylic acid groups (broad SMARTS) is 2. The second kappa shape index (κ2) is 8.76. The maximum Gasteiger partial charge on any atom is 0.349 e. The Morgan fingerprint density at radius 1 is 1.14 bits per heavy atom. The van der Waals surface area contributed by atoms with Crippen LogP contribution in [-0.4, -0.2) is 33.7 Å². The first kappa shape index (κ1) is 18.5. The highest BCUT2D eigenvalue weighted by Crippen LogP contribution is 2.37. The summed E-state index contributed by atoms with van der Waals surface area (Å²) in [7, 11) is 0. The number of carbonyl (C=O) groups excluding carboxylic acids is 1. The minimum absolute atomic E-state index is 0.0346. The molecule has 0 aromatic rings. The summed E-state index contributed by atoms with van der Waals surface area (Å²) in [6, 6.07) is 0. The Kier molecular flexibility index (Phi) is 7.35. The molecular weight excluding hydrogens is 288 g/mol. The number of aliphatic carboxylic acids is 2. The van der Waals surface area contributed by atoms with Crippen molar-refractivity contribution in [3.05, 3.63) is 0 Å². The number of cyclic esters (lactones) is 1. The normalized spacial score (nSPS) is 22.3. The molecule has 0 aromatic heterocycles. The molecule has 22 heavy (non-hydrogen) atoms. The fourth-order valence-corrected chi connectivity index (χ4v) is 3.00. The third-order valence-corrected chi connectivity index (χ3v) is 4.32. The lowest BCUT2D eigenvalue weighted by Crippen LogP contribution is -2.49. The zero-order chi connectivity index (χ0) is 16.6. The molecule has 2 N–H and O–H groups in total. The average molecular weight is 314 g/mol. The largest absolute Gasteiger partial charge is 0.481 e. The topological polar surface area (TPSA) is 101 Å². The van der Waals surface area contributed by atoms with E-state index in [0.29, 0.717) is 6.42 Å². The number of carbonyl (C=O) groups is 3. The van der Waals surface area contributed by atoms with Crippen molar-refractivity contribution >= 4 is 17.9 Å². The molecule has 0 saturated carbocycles. The molecule has 0 radical (unpaired) electrons. The third kappa shape index (κ3) is 4.71. The van der Waals surface area contributed by atoms with Crippen LogP contribution in [0.15, 0.2) is 0 Å². The quantitative estimate of drug-likeness (QED) is 0.449. The molecule has 0 aromatic carbocycles. The van der Waals surface area contributed by atoms with E-state index in [-0.39, 0.29) is 19.3 Å². The number of esters is 1. The lowest BCUT2D eigenvalue weighted by molar-refractivity contribution is -0.182. The van der Waals surface area contributed by atoms with Gasteiger partial charge in [0.2, 0.25) is 5.60 Å². The van der Waals surface area contributed by atoms with E-state index in [1.165, 1.54) is 19.3 Å². The predicted molar refractivity (Wildman–Crippen MR) is 79.4 cm³/mol. The van der Waals surface area contributed by atoms with E-state index in [1.54, 1.807) is 0 Å². The number of hydrogen-bond acceptors (Lipinski definition) is 4. The van der Waals surface area contributed by atoms with Crippen molar-refractivity contribution in [2.75, 3.05) is 0 Å².